The van der Waals surface area contributed by atoms with Crippen LogP contribution >= 0.6 is 0 Å². The van der Waals surface area contributed by atoms with Crippen LogP contribution in [0.25, 0.3) is 0 Å². The number of hydrogen-bond donors (Lipinski definition) is 2. The van der Waals surface area contributed by atoms with Gasteiger partial charge in [0.25, 0.3) is 0 Å². The Labute approximate surface area is 80.5 Å². The number of halogens is 1. The summed E-state index contributed by atoms with van der Waals surface area (Å²) in [6, 6.07) is 0.993. The number of aliphatic hydroxyl groups is 1. The maximum Gasteiger partial charge on any atom is 0.170 e. The molecule has 1 aromatic carbocycles. The molecule has 0 saturated carbocycles. The third-order valence-corrected chi connectivity index (χ3v) is 1.85. The normalized spacial score (nSPS) is 10.0. The van der Waals surface area contributed by atoms with Crippen molar-refractivity contribution in [2.75, 3.05) is 14.2 Å². The molecule has 0 atom stereocenters. The molecular formula is C9H11FO4. The lowest BCUT2D eigenvalue weighted by Crippen LogP contribution is -1.98. The molecule has 2 N–H and O–H groups in total. The van der Waals surface area contributed by atoms with Crippen LogP contribution in [0, 0.1) is 5.82 Å². The van der Waals surface area contributed by atoms with E-state index in [-0.39, 0.29) is 17.1 Å². The molecule has 0 unspecified atom stereocenters. The van der Waals surface area contributed by atoms with E-state index in [1.807, 2.05) is 0 Å². The number of aliphatic hydroxyl groups excluding tert-OH is 1. The Morgan fingerprint density at radius 3 is 2.43 bits per heavy atom. The van der Waals surface area contributed by atoms with Gasteiger partial charge in [-0.1, -0.05) is 0 Å². The maximum atomic E-state index is 13.0. The average molecular weight is 202 g/mol. The topological polar surface area (TPSA) is 58.9 Å². The van der Waals surface area contributed by atoms with Crippen LogP contribution in [-0.4, -0.2) is 24.4 Å². The van der Waals surface area contributed by atoms with Crippen molar-refractivity contribution >= 4 is 0 Å². The molecule has 1 rings (SSSR count). The van der Waals surface area contributed by atoms with Gasteiger partial charge in [0.2, 0.25) is 0 Å². The molecule has 0 heterocycles. The van der Waals surface area contributed by atoms with Crippen molar-refractivity contribution in [2.24, 2.45) is 0 Å². The van der Waals surface area contributed by atoms with E-state index < -0.39 is 18.2 Å². The molecule has 0 saturated heterocycles. The minimum absolute atomic E-state index is 0.0237. The van der Waals surface area contributed by atoms with E-state index >= 15 is 0 Å². The molecule has 0 amide bonds. The third kappa shape index (κ3) is 1.58. The highest BCUT2D eigenvalue weighted by atomic mass is 19.1. The molecule has 0 aromatic heterocycles. The summed E-state index contributed by atoms with van der Waals surface area (Å²) in [5, 5.41) is 18.2. The zero-order valence-corrected chi connectivity index (χ0v) is 7.87. The van der Waals surface area contributed by atoms with Gasteiger partial charge in [0.15, 0.2) is 23.1 Å². The molecule has 78 valence electrons. The minimum atomic E-state index is -0.855. The van der Waals surface area contributed by atoms with Gasteiger partial charge in [0, 0.05) is 6.07 Å². The summed E-state index contributed by atoms with van der Waals surface area (Å²) in [5.74, 6) is -1.21. The van der Waals surface area contributed by atoms with Crippen molar-refractivity contribution in [3.63, 3.8) is 0 Å². The first kappa shape index (κ1) is 10.6. The molecule has 1 aromatic rings. The monoisotopic (exact) mass is 202 g/mol. The van der Waals surface area contributed by atoms with Gasteiger partial charge in [-0.15, -0.1) is 0 Å². The molecule has 14 heavy (non-hydrogen) atoms. The van der Waals surface area contributed by atoms with Crippen LogP contribution in [0.1, 0.15) is 5.56 Å². The van der Waals surface area contributed by atoms with Gasteiger partial charge in [-0.3, -0.25) is 0 Å². The summed E-state index contributed by atoms with van der Waals surface area (Å²) < 4.78 is 22.7. The summed E-state index contributed by atoms with van der Waals surface area (Å²) >= 11 is 0. The molecule has 5 heteroatoms. The number of methoxy groups -OCH3 is 2. The average Bonchev–Trinajstić information content (AvgIpc) is 2.20. The van der Waals surface area contributed by atoms with Gasteiger partial charge in [-0.2, -0.15) is 0 Å². The predicted octanol–water partition coefficient (Wildman–Crippen LogP) is 1.04. The Hall–Kier alpha value is -1.49. The fourth-order valence-corrected chi connectivity index (χ4v) is 1.17. The standard InChI is InChI=1S/C9H11FO4/c1-13-7-3-6(10)8(12)5(4-11)9(7)14-2/h3,11-12H,4H2,1-2H3. The Morgan fingerprint density at radius 1 is 1.36 bits per heavy atom. The second-order valence-electron chi connectivity index (χ2n) is 2.58. The molecule has 4 nitrogen and oxygen atoms in total. The van der Waals surface area contributed by atoms with Crippen molar-refractivity contribution in [3.8, 4) is 17.2 Å². The van der Waals surface area contributed by atoms with E-state index in [9.17, 15) is 9.50 Å². The first-order valence-corrected chi connectivity index (χ1v) is 3.88. The second-order valence-corrected chi connectivity index (χ2v) is 2.58. The van der Waals surface area contributed by atoms with E-state index in [0.29, 0.717) is 0 Å². The molecule has 0 aliphatic carbocycles. The van der Waals surface area contributed by atoms with Crippen LogP contribution in [0.15, 0.2) is 6.07 Å². The van der Waals surface area contributed by atoms with Crippen molar-refractivity contribution in [3.05, 3.63) is 17.4 Å². The number of phenols is 1. The van der Waals surface area contributed by atoms with Crippen molar-refractivity contribution in [1.82, 2.24) is 0 Å². The Bertz CT molecular complexity index is 338. The maximum absolute atomic E-state index is 13.0. The van der Waals surface area contributed by atoms with Crippen LogP contribution in [0.2, 0.25) is 0 Å². The van der Waals surface area contributed by atoms with Crippen LogP contribution in [0.4, 0.5) is 4.39 Å². The number of rotatable bonds is 3. The molecule has 0 aliphatic heterocycles. The molecular weight excluding hydrogens is 191 g/mol. The van der Waals surface area contributed by atoms with E-state index in [1.54, 1.807) is 0 Å². The first-order chi connectivity index (χ1) is 6.65. The Morgan fingerprint density at radius 2 is 2.00 bits per heavy atom. The largest absolute Gasteiger partial charge is 0.504 e. The van der Waals surface area contributed by atoms with Crippen LogP contribution in [-0.2, 0) is 6.61 Å². The smallest absolute Gasteiger partial charge is 0.170 e. The first-order valence-electron chi connectivity index (χ1n) is 3.88. The van der Waals surface area contributed by atoms with Gasteiger partial charge >= 0.3 is 0 Å². The second kappa shape index (κ2) is 4.15. The predicted molar refractivity (Wildman–Crippen MR) is 47.1 cm³/mol. The number of aromatic hydroxyl groups is 1. The zero-order chi connectivity index (χ0) is 10.7. The highest BCUT2D eigenvalue weighted by Gasteiger charge is 2.18. The lowest BCUT2D eigenvalue weighted by molar-refractivity contribution is 0.259. The summed E-state index contributed by atoms with van der Waals surface area (Å²) in [6.45, 7) is -0.525. The number of benzene rings is 1. The highest BCUT2D eigenvalue weighted by Crippen LogP contribution is 2.38. The van der Waals surface area contributed by atoms with E-state index in [4.69, 9.17) is 14.6 Å². The highest BCUT2D eigenvalue weighted by molar-refractivity contribution is 5.53. The van der Waals surface area contributed by atoms with Gasteiger partial charge in [-0.05, 0) is 0 Å². The fourth-order valence-electron chi connectivity index (χ4n) is 1.17. The van der Waals surface area contributed by atoms with Crippen LogP contribution in [0.5, 0.6) is 17.2 Å². The van der Waals surface area contributed by atoms with E-state index in [0.717, 1.165) is 6.07 Å². The summed E-state index contributed by atoms with van der Waals surface area (Å²) in [6.07, 6.45) is 0. The Kier molecular flexibility index (Phi) is 3.14. The van der Waals surface area contributed by atoms with E-state index in [1.165, 1.54) is 14.2 Å². The third-order valence-electron chi connectivity index (χ3n) is 1.85. The quantitative estimate of drug-likeness (QED) is 0.768. The van der Waals surface area contributed by atoms with E-state index in [2.05, 4.69) is 0 Å². The summed E-state index contributed by atoms with van der Waals surface area (Å²) in [4.78, 5) is 0. The SMILES string of the molecule is COc1cc(F)c(O)c(CO)c1OC. The zero-order valence-electron chi connectivity index (χ0n) is 7.87. The Balaban J connectivity index is 3.42. The van der Waals surface area contributed by atoms with Crippen LogP contribution in [0.3, 0.4) is 0 Å². The van der Waals surface area contributed by atoms with Crippen molar-refractivity contribution in [2.45, 2.75) is 6.61 Å². The number of ether oxygens (including phenoxy) is 2. The van der Waals surface area contributed by atoms with Crippen molar-refractivity contribution < 1.29 is 24.1 Å². The molecule has 0 fully saturated rings. The van der Waals surface area contributed by atoms with Crippen molar-refractivity contribution in [1.29, 1.82) is 0 Å². The van der Waals surface area contributed by atoms with Gasteiger partial charge in [0.05, 0.1) is 26.4 Å². The minimum Gasteiger partial charge on any atom is -0.504 e. The van der Waals surface area contributed by atoms with Gasteiger partial charge < -0.3 is 19.7 Å². The summed E-state index contributed by atoms with van der Waals surface area (Å²) in [7, 11) is 2.68. The molecule has 0 radical (unpaired) electrons. The number of hydrogen-bond acceptors (Lipinski definition) is 4. The summed E-state index contributed by atoms with van der Waals surface area (Å²) in [5.41, 5.74) is -0.0237. The van der Waals surface area contributed by atoms with Gasteiger partial charge in [0.1, 0.15) is 0 Å². The molecule has 0 bridgehead atoms. The fraction of sp³-hybridized carbons (Fsp3) is 0.333. The lowest BCUT2D eigenvalue weighted by Gasteiger charge is -2.13. The lowest BCUT2D eigenvalue weighted by atomic mass is 10.1. The molecule has 0 spiro atoms. The molecule has 0 aliphatic rings. The van der Waals surface area contributed by atoms with Gasteiger partial charge in [-0.25, -0.2) is 4.39 Å². The van der Waals surface area contributed by atoms with Crippen LogP contribution < -0.4 is 9.47 Å².